The van der Waals surface area contributed by atoms with Crippen LogP contribution in [-0.4, -0.2) is 64.3 Å². The van der Waals surface area contributed by atoms with E-state index in [9.17, 15) is 4.79 Å². The van der Waals surface area contributed by atoms with Crippen molar-refractivity contribution in [1.82, 2.24) is 19.9 Å². The number of hydrogen-bond acceptors (Lipinski definition) is 6. The molecule has 0 amide bonds. The molecule has 1 aromatic heterocycles. The summed E-state index contributed by atoms with van der Waals surface area (Å²) >= 11 is 0. The highest BCUT2D eigenvalue weighted by Gasteiger charge is 2.33. The summed E-state index contributed by atoms with van der Waals surface area (Å²) in [7, 11) is 1.35. The molecule has 0 unspecified atom stereocenters. The maximum atomic E-state index is 11.5. The lowest BCUT2D eigenvalue weighted by Crippen LogP contribution is -2.41. The zero-order valence-electron chi connectivity index (χ0n) is 14.2. The van der Waals surface area contributed by atoms with Crippen molar-refractivity contribution in [2.45, 2.75) is 57.3 Å². The van der Waals surface area contributed by atoms with E-state index in [0.717, 1.165) is 45.3 Å². The number of carbonyl (C=O) groups excluding carboxylic acids is 1. The molecule has 23 heavy (non-hydrogen) atoms. The van der Waals surface area contributed by atoms with E-state index in [1.54, 1.807) is 10.9 Å². The van der Waals surface area contributed by atoms with E-state index >= 15 is 0 Å². The molecule has 0 radical (unpaired) electrons. The Morgan fingerprint density at radius 2 is 2.30 bits per heavy atom. The van der Waals surface area contributed by atoms with Crippen LogP contribution in [0.4, 0.5) is 0 Å². The molecule has 2 fully saturated rings. The third-order valence-electron chi connectivity index (χ3n) is 4.78. The smallest absolute Gasteiger partial charge is 0.360 e. The number of methoxy groups -OCH3 is 1. The first-order chi connectivity index (χ1) is 11.0. The monoisotopic (exact) mass is 322 g/mol. The lowest BCUT2D eigenvalue weighted by molar-refractivity contribution is -0.0328. The van der Waals surface area contributed by atoms with Gasteiger partial charge in [0.2, 0.25) is 0 Å². The van der Waals surface area contributed by atoms with Gasteiger partial charge in [0.05, 0.1) is 31.1 Å². The predicted molar refractivity (Wildman–Crippen MR) is 84.3 cm³/mol. The van der Waals surface area contributed by atoms with Crippen LogP contribution in [0.2, 0.25) is 0 Å². The molecule has 0 N–H and O–H groups in total. The molecular formula is C16H26N4O3. The largest absolute Gasteiger partial charge is 0.464 e. The van der Waals surface area contributed by atoms with Gasteiger partial charge in [0, 0.05) is 13.1 Å². The second-order valence-electron chi connectivity index (χ2n) is 7.17. The van der Waals surface area contributed by atoms with Gasteiger partial charge in [0.15, 0.2) is 5.69 Å². The van der Waals surface area contributed by atoms with E-state index in [-0.39, 0.29) is 17.3 Å². The van der Waals surface area contributed by atoms with Gasteiger partial charge in [-0.25, -0.2) is 9.48 Å². The Morgan fingerprint density at radius 3 is 3.00 bits per heavy atom. The van der Waals surface area contributed by atoms with Crippen LogP contribution in [0.25, 0.3) is 0 Å². The Kier molecular flexibility index (Phi) is 4.68. The minimum absolute atomic E-state index is 0.0151. The van der Waals surface area contributed by atoms with Crippen molar-refractivity contribution in [1.29, 1.82) is 0 Å². The molecular weight excluding hydrogens is 296 g/mol. The van der Waals surface area contributed by atoms with E-state index < -0.39 is 5.97 Å². The van der Waals surface area contributed by atoms with Crippen LogP contribution in [0.15, 0.2) is 6.20 Å². The van der Waals surface area contributed by atoms with E-state index in [4.69, 9.17) is 4.74 Å². The van der Waals surface area contributed by atoms with Gasteiger partial charge in [-0.05, 0) is 46.1 Å². The molecule has 2 saturated heterocycles. The lowest BCUT2D eigenvalue weighted by atomic mass is 10.0. The van der Waals surface area contributed by atoms with Crippen molar-refractivity contribution < 1.29 is 14.3 Å². The normalized spacial score (nSPS) is 28.0. The predicted octanol–water partition coefficient (Wildman–Crippen LogP) is 1.66. The number of aromatic nitrogens is 3. The van der Waals surface area contributed by atoms with E-state index in [0.29, 0.717) is 6.10 Å². The molecule has 128 valence electrons. The Balaban J connectivity index is 1.58. The molecule has 7 heteroatoms. The topological polar surface area (TPSA) is 69.5 Å². The molecule has 1 aromatic rings. The van der Waals surface area contributed by atoms with E-state index in [1.807, 2.05) is 0 Å². The Morgan fingerprint density at radius 1 is 1.48 bits per heavy atom. The van der Waals surface area contributed by atoms with Gasteiger partial charge < -0.3 is 9.47 Å². The van der Waals surface area contributed by atoms with Crippen LogP contribution >= 0.6 is 0 Å². The fourth-order valence-electron chi connectivity index (χ4n) is 3.56. The first-order valence-corrected chi connectivity index (χ1v) is 8.37. The second kappa shape index (κ2) is 6.57. The van der Waals surface area contributed by atoms with Gasteiger partial charge >= 0.3 is 5.97 Å². The maximum Gasteiger partial charge on any atom is 0.360 e. The molecule has 2 aliphatic heterocycles. The Labute approximate surface area is 136 Å². The van der Waals surface area contributed by atoms with Crippen molar-refractivity contribution in [3.63, 3.8) is 0 Å². The highest BCUT2D eigenvalue weighted by Crippen LogP contribution is 2.31. The minimum Gasteiger partial charge on any atom is -0.464 e. The molecule has 7 nitrogen and oxygen atoms in total. The van der Waals surface area contributed by atoms with Crippen molar-refractivity contribution in [2.75, 3.05) is 26.7 Å². The molecule has 3 heterocycles. The van der Waals surface area contributed by atoms with Crippen LogP contribution in [0.5, 0.6) is 0 Å². The summed E-state index contributed by atoms with van der Waals surface area (Å²) in [6.07, 6.45) is 6.44. The van der Waals surface area contributed by atoms with Crippen LogP contribution in [0.3, 0.4) is 0 Å². The van der Waals surface area contributed by atoms with Gasteiger partial charge in [-0.15, -0.1) is 5.10 Å². The molecule has 0 saturated carbocycles. The van der Waals surface area contributed by atoms with E-state index in [2.05, 4.69) is 33.8 Å². The molecule has 0 aromatic carbocycles. The summed E-state index contributed by atoms with van der Waals surface area (Å²) in [6.45, 7) is 7.31. The highest BCUT2D eigenvalue weighted by atomic mass is 16.5. The van der Waals surface area contributed by atoms with Crippen LogP contribution in [0.1, 0.15) is 56.1 Å². The summed E-state index contributed by atoms with van der Waals surface area (Å²) in [5, 5.41) is 8.01. The first-order valence-electron chi connectivity index (χ1n) is 8.37. The van der Waals surface area contributed by atoms with Crippen LogP contribution in [0, 0.1) is 0 Å². The zero-order chi connectivity index (χ0) is 16.4. The van der Waals surface area contributed by atoms with Gasteiger partial charge in [-0.3, -0.25) is 4.90 Å². The zero-order valence-corrected chi connectivity index (χ0v) is 14.2. The standard InChI is InChI=1S/C16H26N4O3/c1-16(2)7-6-13(23-16)10-19-8-4-5-12(9-19)20-11-14(17-18-20)15(21)22-3/h11-13H,4-10H2,1-3H3/t12-,13+/m0/s1. The average Bonchev–Trinajstić information content (AvgIpc) is 3.13. The number of likely N-dealkylation sites (tertiary alicyclic amines) is 1. The summed E-state index contributed by atoms with van der Waals surface area (Å²) in [4.78, 5) is 13.9. The number of rotatable bonds is 4. The third kappa shape index (κ3) is 3.90. The first kappa shape index (κ1) is 16.4. The van der Waals surface area contributed by atoms with Crippen LogP contribution in [-0.2, 0) is 9.47 Å². The quantitative estimate of drug-likeness (QED) is 0.785. The Bertz CT molecular complexity index is 557. The highest BCUT2D eigenvalue weighted by molar-refractivity contribution is 5.86. The minimum atomic E-state index is -0.439. The second-order valence-corrected chi connectivity index (χ2v) is 7.17. The van der Waals surface area contributed by atoms with Crippen molar-refractivity contribution in [3.05, 3.63) is 11.9 Å². The number of hydrogen-bond donors (Lipinski definition) is 0. The number of nitrogens with zero attached hydrogens (tertiary/aromatic N) is 4. The molecule has 0 bridgehead atoms. The van der Waals surface area contributed by atoms with Gasteiger partial charge in [0.25, 0.3) is 0 Å². The van der Waals surface area contributed by atoms with Gasteiger partial charge in [-0.2, -0.15) is 0 Å². The Hall–Kier alpha value is -1.47. The van der Waals surface area contributed by atoms with E-state index in [1.165, 1.54) is 7.11 Å². The number of carbonyl (C=O) groups is 1. The molecule has 2 aliphatic rings. The molecule has 3 rings (SSSR count). The molecule has 2 atom stereocenters. The number of esters is 1. The van der Waals surface area contributed by atoms with Crippen molar-refractivity contribution >= 4 is 5.97 Å². The van der Waals surface area contributed by atoms with Crippen LogP contribution < -0.4 is 0 Å². The summed E-state index contributed by atoms with van der Waals surface area (Å²) < 4.78 is 12.6. The number of piperidine rings is 1. The number of ether oxygens (including phenoxy) is 2. The molecule has 0 spiro atoms. The third-order valence-corrected chi connectivity index (χ3v) is 4.78. The summed E-state index contributed by atoms with van der Waals surface area (Å²) in [5.41, 5.74) is 0.284. The fraction of sp³-hybridized carbons (Fsp3) is 0.812. The fourth-order valence-corrected chi connectivity index (χ4v) is 3.56. The summed E-state index contributed by atoms with van der Waals surface area (Å²) in [5.74, 6) is -0.439. The maximum absolute atomic E-state index is 11.5. The van der Waals surface area contributed by atoms with Gasteiger partial charge in [-0.1, -0.05) is 5.21 Å². The van der Waals surface area contributed by atoms with Crippen molar-refractivity contribution in [3.8, 4) is 0 Å². The van der Waals surface area contributed by atoms with Crippen molar-refractivity contribution in [2.24, 2.45) is 0 Å². The SMILES string of the molecule is COC(=O)c1cn([C@H]2CCCN(C[C@H]3CCC(C)(C)O3)C2)nn1. The average molecular weight is 322 g/mol. The van der Waals surface area contributed by atoms with Gasteiger partial charge in [0.1, 0.15) is 0 Å². The summed E-state index contributed by atoms with van der Waals surface area (Å²) in [6, 6.07) is 0.254. The lowest BCUT2D eigenvalue weighted by Gasteiger charge is -2.34. The molecule has 0 aliphatic carbocycles.